The third kappa shape index (κ3) is 6.13. The van der Waals surface area contributed by atoms with Crippen molar-refractivity contribution < 1.29 is 24.0 Å². The van der Waals surface area contributed by atoms with E-state index in [0.29, 0.717) is 5.69 Å². The highest BCUT2D eigenvalue weighted by atomic mass is 16.6. The van der Waals surface area contributed by atoms with Crippen molar-refractivity contribution in [1.29, 1.82) is 0 Å². The molecule has 0 spiro atoms. The highest BCUT2D eigenvalue weighted by Crippen LogP contribution is 2.21. The maximum Gasteiger partial charge on any atom is 0.325 e. The first kappa shape index (κ1) is 21.5. The number of non-ortho nitro benzene ring substituents is 1. The van der Waals surface area contributed by atoms with Crippen LogP contribution >= 0.6 is 0 Å². The molecule has 2 amide bonds. The van der Waals surface area contributed by atoms with Gasteiger partial charge in [0.2, 0.25) is 0 Å². The highest BCUT2D eigenvalue weighted by Gasteiger charge is 2.14. The molecule has 2 rings (SSSR count). The zero-order valence-corrected chi connectivity index (χ0v) is 16.3. The third-order valence-corrected chi connectivity index (χ3v) is 4.02. The van der Waals surface area contributed by atoms with Gasteiger partial charge in [0, 0.05) is 23.4 Å². The van der Waals surface area contributed by atoms with Gasteiger partial charge in [0.05, 0.1) is 4.92 Å². The zero-order chi connectivity index (χ0) is 21.6. The fourth-order valence-electron chi connectivity index (χ4n) is 2.76. The Morgan fingerprint density at radius 1 is 1.07 bits per heavy atom. The molecule has 29 heavy (non-hydrogen) atoms. The van der Waals surface area contributed by atoms with Gasteiger partial charge in [0.25, 0.3) is 17.5 Å². The van der Waals surface area contributed by atoms with Crippen molar-refractivity contribution >= 4 is 29.2 Å². The summed E-state index contributed by atoms with van der Waals surface area (Å²) in [5, 5.41) is 15.7. The van der Waals surface area contributed by atoms with Crippen LogP contribution in [-0.4, -0.2) is 35.9 Å². The Balaban J connectivity index is 1.82. The number of aryl methyl sites for hydroxylation is 3. The minimum absolute atomic E-state index is 0.0371. The summed E-state index contributed by atoms with van der Waals surface area (Å²) in [6.07, 6.45) is 0. The molecule has 0 aliphatic heterocycles. The molecule has 0 saturated carbocycles. The number of ether oxygens (including phenoxy) is 1. The smallest absolute Gasteiger partial charge is 0.325 e. The lowest BCUT2D eigenvalue weighted by Gasteiger charge is -2.13. The number of carbonyl (C=O) groups excluding carboxylic acids is 3. The van der Waals surface area contributed by atoms with Gasteiger partial charge >= 0.3 is 5.97 Å². The van der Waals surface area contributed by atoms with Gasteiger partial charge in [-0.25, -0.2) is 0 Å². The second-order valence-corrected chi connectivity index (χ2v) is 6.47. The topological polar surface area (TPSA) is 128 Å². The SMILES string of the molecule is Cc1cc(C)c(NC(=O)COC(=O)CNC(=O)c2cccc([N+](=O)[O-])c2)c(C)c1. The van der Waals surface area contributed by atoms with Gasteiger partial charge in [-0.15, -0.1) is 0 Å². The van der Waals surface area contributed by atoms with Crippen LogP contribution in [0, 0.1) is 30.9 Å². The molecular formula is C20H21N3O6. The lowest BCUT2D eigenvalue weighted by molar-refractivity contribution is -0.384. The summed E-state index contributed by atoms with van der Waals surface area (Å²) >= 11 is 0. The first-order chi connectivity index (χ1) is 13.7. The summed E-state index contributed by atoms with van der Waals surface area (Å²) in [5.41, 5.74) is 3.32. The minimum Gasteiger partial charge on any atom is -0.454 e. The maximum absolute atomic E-state index is 12.0. The number of carbonyl (C=O) groups is 3. The first-order valence-corrected chi connectivity index (χ1v) is 8.73. The molecule has 0 atom stereocenters. The van der Waals surface area contributed by atoms with Crippen LogP contribution in [0.15, 0.2) is 36.4 Å². The number of anilines is 1. The molecule has 0 fully saturated rings. The molecule has 0 bridgehead atoms. The molecule has 0 unspecified atom stereocenters. The lowest BCUT2D eigenvalue weighted by atomic mass is 10.1. The predicted octanol–water partition coefficient (Wildman–Crippen LogP) is 2.43. The minimum atomic E-state index is -0.809. The monoisotopic (exact) mass is 399 g/mol. The number of nitrogens with one attached hydrogen (secondary N) is 2. The Labute approximate surface area is 167 Å². The lowest BCUT2D eigenvalue weighted by Crippen LogP contribution is -2.32. The number of nitro benzene ring substituents is 1. The second-order valence-electron chi connectivity index (χ2n) is 6.47. The Kier molecular flexibility index (Phi) is 7.02. The van der Waals surface area contributed by atoms with Crippen molar-refractivity contribution in [3.05, 3.63) is 68.8 Å². The van der Waals surface area contributed by atoms with Gasteiger partial charge in [0.15, 0.2) is 6.61 Å². The normalized spacial score (nSPS) is 10.2. The molecule has 2 aromatic rings. The van der Waals surface area contributed by atoms with Crippen LogP contribution in [0.3, 0.4) is 0 Å². The summed E-state index contributed by atoms with van der Waals surface area (Å²) in [7, 11) is 0. The van der Waals surface area contributed by atoms with Crippen molar-refractivity contribution in [2.24, 2.45) is 0 Å². The Morgan fingerprint density at radius 3 is 2.34 bits per heavy atom. The summed E-state index contributed by atoms with van der Waals surface area (Å²) in [4.78, 5) is 45.9. The summed E-state index contributed by atoms with van der Waals surface area (Å²) in [6.45, 7) is 4.71. The van der Waals surface area contributed by atoms with Crippen LogP contribution < -0.4 is 10.6 Å². The first-order valence-electron chi connectivity index (χ1n) is 8.73. The number of esters is 1. The molecule has 2 N–H and O–H groups in total. The maximum atomic E-state index is 12.0. The van der Waals surface area contributed by atoms with Gasteiger partial charge in [-0.1, -0.05) is 23.8 Å². The quantitative estimate of drug-likeness (QED) is 0.418. The average Bonchev–Trinajstić information content (AvgIpc) is 2.67. The van der Waals surface area contributed by atoms with E-state index in [2.05, 4.69) is 10.6 Å². The van der Waals surface area contributed by atoms with Crippen LogP contribution in [0.25, 0.3) is 0 Å². The van der Waals surface area contributed by atoms with E-state index in [9.17, 15) is 24.5 Å². The van der Waals surface area contributed by atoms with E-state index in [4.69, 9.17) is 4.74 Å². The van der Waals surface area contributed by atoms with E-state index < -0.39 is 35.9 Å². The molecular weight excluding hydrogens is 378 g/mol. The van der Waals surface area contributed by atoms with Crippen molar-refractivity contribution in [2.75, 3.05) is 18.5 Å². The number of nitro groups is 1. The van der Waals surface area contributed by atoms with E-state index in [0.717, 1.165) is 22.8 Å². The summed E-state index contributed by atoms with van der Waals surface area (Å²) in [5.74, 6) is -1.98. The van der Waals surface area contributed by atoms with Crippen molar-refractivity contribution in [1.82, 2.24) is 5.32 Å². The van der Waals surface area contributed by atoms with Crippen molar-refractivity contribution in [3.63, 3.8) is 0 Å². The van der Waals surface area contributed by atoms with Gasteiger partial charge in [-0.2, -0.15) is 0 Å². The molecule has 0 radical (unpaired) electrons. The van der Waals surface area contributed by atoms with Crippen LogP contribution in [-0.2, 0) is 14.3 Å². The van der Waals surface area contributed by atoms with Gasteiger partial charge < -0.3 is 15.4 Å². The molecule has 0 heterocycles. The predicted molar refractivity (Wildman–Crippen MR) is 106 cm³/mol. The standard InChI is InChI=1S/C20H21N3O6/c1-12-7-13(2)19(14(3)8-12)22-17(24)11-29-18(25)10-21-20(26)15-5-4-6-16(9-15)23(27)28/h4-9H,10-11H2,1-3H3,(H,21,26)(H,22,24). The van der Waals surface area contributed by atoms with E-state index >= 15 is 0 Å². The molecule has 152 valence electrons. The Hall–Kier alpha value is -3.75. The van der Waals surface area contributed by atoms with E-state index in [1.165, 1.54) is 18.2 Å². The fraction of sp³-hybridized carbons (Fsp3) is 0.250. The number of amides is 2. The molecule has 9 heteroatoms. The molecule has 9 nitrogen and oxygen atoms in total. The van der Waals surface area contributed by atoms with Crippen LogP contribution in [0.5, 0.6) is 0 Å². The van der Waals surface area contributed by atoms with Crippen molar-refractivity contribution in [2.45, 2.75) is 20.8 Å². The number of hydrogen-bond donors (Lipinski definition) is 2. The van der Waals surface area contributed by atoms with Crippen LogP contribution in [0.4, 0.5) is 11.4 Å². The zero-order valence-electron chi connectivity index (χ0n) is 16.3. The Morgan fingerprint density at radius 2 is 1.72 bits per heavy atom. The highest BCUT2D eigenvalue weighted by molar-refractivity contribution is 5.97. The fourth-order valence-corrected chi connectivity index (χ4v) is 2.76. The van der Waals surface area contributed by atoms with Crippen LogP contribution in [0.2, 0.25) is 0 Å². The largest absolute Gasteiger partial charge is 0.454 e. The molecule has 0 aliphatic rings. The number of benzene rings is 2. The molecule has 0 aliphatic carbocycles. The summed E-state index contributed by atoms with van der Waals surface area (Å²) < 4.78 is 4.85. The Bertz CT molecular complexity index is 947. The van der Waals surface area contributed by atoms with Gasteiger partial charge in [-0.3, -0.25) is 24.5 Å². The third-order valence-electron chi connectivity index (χ3n) is 4.02. The number of hydrogen-bond acceptors (Lipinski definition) is 6. The van der Waals surface area contributed by atoms with E-state index in [-0.39, 0.29) is 11.3 Å². The number of rotatable bonds is 7. The van der Waals surface area contributed by atoms with E-state index in [1.807, 2.05) is 32.9 Å². The van der Waals surface area contributed by atoms with Gasteiger partial charge in [0.1, 0.15) is 6.54 Å². The molecule has 0 saturated heterocycles. The summed E-state index contributed by atoms with van der Waals surface area (Å²) in [6, 6.07) is 8.95. The number of nitrogens with zero attached hydrogens (tertiary/aromatic N) is 1. The van der Waals surface area contributed by atoms with E-state index in [1.54, 1.807) is 0 Å². The molecule has 2 aromatic carbocycles. The van der Waals surface area contributed by atoms with Crippen LogP contribution in [0.1, 0.15) is 27.0 Å². The van der Waals surface area contributed by atoms with Crippen molar-refractivity contribution in [3.8, 4) is 0 Å². The molecule has 0 aromatic heterocycles. The van der Waals surface area contributed by atoms with Gasteiger partial charge in [-0.05, 0) is 38.0 Å². The second kappa shape index (κ2) is 9.45. The average molecular weight is 399 g/mol.